The predicted octanol–water partition coefficient (Wildman–Crippen LogP) is 3.18. The summed E-state index contributed by atoms with van der Waals surface area (Å²) in [6.45, 7) is 14.8. The van der Waals surface area contributed by atoms with Gasteiger partial charge in [0.25, 0.3) is 0 Å². The number of hydrogen-bond donors (Lipinski definition) is 0. The van der Waals surface area contributed by atoms with Crippen LogP contribution in [-0.4, -0.2) is 35.3 Å². The van der Waals surface area contributed by atoms with Crippen LogP contribution in [0.2, 0.25) is 0 Å². The average Bonchev–Trinajstić information content (AvgIpc) is 2.02. The van der Waals surface area contributed by atoms with Crippen molar-refractivity contribution < 1.29 is 14.0 Å². The van der Waals surface area contributed by atoms with Gasteiger partial charge < -0.3 is 4.74 Å². The summed E-state index contributed by atoms with van der Waals surface area (Å²) in [5.41, 5.74) is 0. The molecule has 1 amide bonds. The second kappa shape index (κ2) is 5.50. The van der Waals surface area contributed by atoms with Crippen molar-refractivity contribution in [1.29, 1.82) is 0 Å². The first kappa shape index (κ1) is 14.4. The molecule has 0 unspecified atom stereocenters. The van der Waals surface area contributed by atoms with E-state index in [4.69, 9.17) is 4.74 Å². The van der Waals surface area contributed by atoms with Crippen molar-refractivity contribution in [2.75, 3.05) is 6.61 Å². The Hall–Kier alpha value is -0.570. The quantitative estimate of drug-likeness (QED) is 0.675. The summed E-state index contributed by atoms with van der Waals surface area (Å²) < 4.78 is 5.62. The molecule has 0 N–H and O–H groups in total. The van der Waals surface area contributed by atoms with E-state index >= 15 is 0 Å². The molecule has 0 bridgehead atoms. The molecule has 0 spiro atoms. The topological polar surface area (TPSA) is 26.3 Å². The Morgan fingerprint density at radius 2 is 1.33 bits per heavy atom. The maximum absolute atomic E-state index is 12.1. The van der Waals surface area contributed by atoms with Crippen LogP contribution in [0.4, 0.5) is 4.79 Å². The van der Waals surface area contributed by atoms with E-state index in [9.17, 15) is 4.79 Å². The standard InChI is InChI=1S/C12H26NO2/c1-8-15-12(14)13(9(2)3,10(4)5)11(6)7/h9-11H,8H2,1-7H3/q+1. The number of ether oxygens (including phenoxy) is 1. The average molecular weight is 216 g/mol. The third kappa shape index (κ3) is 2.51. The fourth-order valence-corrected chi connectivity index (χ4v) is 2.66. The number of carbonyl (C=O) groups is 1. The summed E-state index contributed by atoms with van der Waals surface area (Å²) in [5.74, 6) is 0. The number of quaternary nitrogens is 1. The largest absolute Gasteiger partial charge is 0.516 e. The fourth-order valence-electron chi connectivity index (χ4n) is 2.66. The van der Waals surface area contributed by atoms with Crippen molar-refractivity contribution in [3.8, 4) is 0 Å². The van der Waals surface area contributed by atoms with Crippen LogP contribution in [-0.2, 0) is 4.74 Å². The van der Waals surface area contributed by atoms with Gasteiger partial charge in [-0.05, 0) is 48.5 Å². The molecule has 0 saturated heterocycles. The molecule has 0 radical (unpaired) electrons. The van der Waals surface area contributed by atoms with Crippen LogP contribution in [0.1, 0.15) is 48.5 Å². The van der Waals surface area contributed by atoms with Crippen LogP contribution in [0, 0.1) is 0 Å². The Balaban J connectivity index is 5.22. The lowest BCUT2D eigenvalue weighted by Gasteiger charge is -2.44. The molecule has 0 aliphatic heterocycles. The van der Waals surface area contributed by atoms with Gasteiger partial charge in [0.15, 0.2) is 0 Å². The zero-order valence-corrected chi connectivity index (χ0v) is 11.2. The highest BCUT2D eigenvalue weighted by atomic mass is 16.6. The zero-order valence-electron chi connectivity index (χ0n) is 11.2. The van der Waals surface area contributed by atoms with Gasteiger partial charge >= 0.3 is 6.09 Å². The van der Waals surface area contributed by atoms with E-state index in [2.05, 4.69) is 41.5 Å². The van der Waals surface area contributed by atoms with Gasteiger partial charge in [0.05, 0.1) is 24.7 Å². The van der Waals surface area contributed by atoms with Gasteiger partial charge in [-0.15, -0.1) is 0 Å². The van der Waals surface area contributed by atoms with E-state index in [1.54, 1.807) is 0 Å². The summed E-state index contributed by atoms with van der Waals surface area (Å²) >= 11 is 0. The summed E-state index contributed by atoms with van der Waals surface area (Å²) in [7, 11) is 0. The molecule has 0 aliphatic rings. The van der Waals surface area contributed by atoms with Crippen molar-refractivity contribution in [3.63, 3.8) is 0 Å². The third-order valence-corrected chi connectivity index (χ3v) is 3.15. The van der Waals surface area contributed by atoms with E-state index in [0.717, 1.165) is 0 Å². The molecular formula is C12H26NO2+. The molecule has 0 fully saturated rings. The number of nitrogens with zero attached hydrogens (tertiary/aromatic N) is 1. The number of amides is 1. The smallest absolute Gasteiger partial charge is 0.420 e. The Morgan fingerprint density at radius 1 is 1.00 bits per heavy atom. The van der Waals surface area contributed by atoms with E-state index in [1.165, 1.54) is 0 Å². The van der Waals surface area contributed by atoms with Crippen LogP contribution in [0.3, 0.4) is 0 Å². The van der Waals surface area contributed by atoms with Crippen LogP contribution in [0.5, 0.6) is 0 Å². The van der Waals surface area contributed by atoms with Gasteiger partial charge in [-0.1, -0.05) is 0 Å². The second-order valence-corrected chi connectivity index (χ2v) is 4.81. The molecule has 0 rings (SSSR count). The second-order valence-electron chi connectivity index (χ2n) is 4.81. The van der Waals surface area contributed by atoms with Crippen molar-refractivity contribution >= 4 is 6.09 Å². The lowest BCUT2D eigenvalue weighted by Crippen LogP contribution is -2.65. The monoisotopic (exact) mass is 216 g/mol. The number of hydrogen-bond acceptors (Lipinski definition) is 2. The highest BCUT2D eigenvalue weighted by Gasteiger charge is 2.47. The van der Waals surface area contributed by atoms with E-state index in [1.807, 2.05) is 6.92 Å². The Labute approximate surface area is 94.0 Å². The molecule has 3 heteroatoms. The van der Waals surface area contributed by atoms with Crippen molar-refractivity contribution in [2.24, 2.45) is 0 Å². The highest BCUT2D eigenvalue weighted by molar-refractivity contribution is 5.60. The van der Waals surface area contributed by atoms with Crippen LogP contribution >= 0.6 is 0 Å². The van der Waals surface area contributed by atoms with E-state index in [-0.39, 0.29) is 24.2 Å². The van der Waals surface area contributed by atoms with Gasteiger partial charge in [0.1, 0.15) is 0 Å². The summed E-state index contributed by atoms with van der Waals surface area (Å²) in [4.78, 5) is 12.1. The summed E-state index contributed by atoms with van der Waals surface area (Å²) in [6, 6.07) is 0.720. The molecule has 3 nitrogen and oxygen atoms in total. The van der Waals surface area contributed by atoms with Crippen molar-refractivity contribution in [1.82, 2.24) is 0 Å². The number of rotatable bonds is 4. The minimum absolute atomic E-state index is 0.0995. The highest BCUT2D eigenvalue weighted by Crippen LogP contribution is 2.26. The van der Waals surface area contributed by atoms with E-state index in [0.29, 0.717) is 11.1 Å². The molecule has 15 heavy (non-hydrogen) atoms. The Bertz CT molecular complexity index is 188. The van der Waals surface area contributed by atoms with Gasteiger partial charge in [0.2, 0.25) is 0 Å². The lowest BCUT2D eigenvalue weighted by atomic mass is 10.1. The van der Waals surface area contributed by atoms with Gasteiger partial charge in [-0.2, -0.15) is 4.79 Å². The SMILES string of the molecule is CCOC(=O)[N+](C(C)C)(C(C)C)C(C)C. The molecule has 0 saturated carbocycles. The van der Waals surface area contributed by atoms with Crippen LogP contribution in [0.15, 0.2) is 0 Å². The van der Waals surface area contributed by atoms with Gasteiger partial charge in [-0.3, -0.25) is 0 Å². The summed E-state index contributed by atoms with van der Waals surface area (Å²) in [5, 5.41) is 0. The first-order chi connectivity index (χ1) is 6.81. The van der Waals surface area contributed by atoms with Crippen molar-refractivity contribution in [2.45, 2.75) is 66.6 Å². The van der Waals surface area contributed by atoms with Crippen LogP contribution < -0.4 is 0 Å². The first-order valence-corrected chi connectivity index (χ1v) is 5.87. The maximum atomic E-state index is 12.1. The van der Waals surface area contributed by atoms with Crippen molar-refractivity contribution in [3.05, 3.63) is 0 Å². The first-order valence-electron chi connectivity index (χ1n) is 5.87. The molecule has 0 aliphatic carbocycles. The maximum Gasteiger partial charge on any atom is 0.516 e. The Kier molecular flexibility index (Phi) is 5.29. The Morgan fingerprint density at radius 3 is 1.53 bits per heavy atom. The minimum atomic E-state index is -0.0995. The predicted molar refractivity (Wildman–Crippen MR) is 62.7 cm³/mol. The summed E-state index contributed by atoms with van der Waals surface area (Å²) in [6.07, 6.45) is -0.0995. The zero-order chi connectivity index (χ0) is 12.2. The fraction of sp³-hybridized carbons (Fsp3) is 0.917. The number of carbonyl (C=O) groups excluding carboxylic acids is 1. The molecular weight excluding hydrogens is 190 g/mol. The molecule has 0 atom stereocenters. The lowest BCUT2D eigenvalue weighted by molar-refractivity contribution is -0.918. The molecule has 90 valence electrons. The third-order valence-electron chi connectivity index (χ3n) is 3.15. The van der Waals surface area contributed by atoms with Gasteiger partial charge in [-0.25, -0.2) is 4.48 Å². The van der Waals surface area contributed by atoms with E-state index < -0.39 is 0 Å². The van der Waals surface area contributed by atoms with Crippen LogP contribution in [0.25, 0.3) is 0 Å². The normalized spacial score (nSPS) is 12.7. The van der Waals surface area contributed by atoms with Gasteiger partial charge in [0, 0.05) is 0 Å². The molecule has 0 aromatic carbocycles. The molecule has 0 heterocycles. The minimum Gasteiger partial charge on any atom is -0.420 e. The molecule has 0 aromatic rings. The molecule has 0 aromatic heterocycles.